The van der Waals surface area contributed by atoms with E-state index in [1.54, 1.807) is 13.1 Å². The van der Waals surface area contributed by atoms with E-state index in [2.05, 4.69) is 5.32 Å². The van der Waals surface area contributed by atoms with Crippen LogP contribution in [0.25, 0.3) is 0 Å². The Kier molecular flexibility index (Phi) is 7.50. The lowest BCUT2D eigenvalue weighted by Gasteiger charge is -2.17. The van der Waals surface area contributed by atoms with Gasteiger partial charge in [-0.15, -0.1) is 0 Å². The van der Waals surface area contributed by atoms with E-state index < -0.39 is 18.5 Å². The highest BCUT2D eigenvalue weighted by atomic mass is 32.1. The molecule has 2 heterocycles. The second-order valence-corrected chi connectivity index (χ2v) is 7.42. The van der Waals surface area contributed by atoms with Crippen molar-refractivity contribution in [2.24, 2.45) is 0 Å². The maximum atomic E-state index is 12.8. The molecule has 2 aromatic heterocycles. The fourth-order valence-electron chi connectivity index (χ4n) is 2.80. The molecule has 168 valence electrons. The summed E-state index contributed by atoms with van der Waals surface area (Å²) in [6.07, 6.45) is 1.36. The molecule has 2 amide bonds. The van der Waals surface area contributed by atoms with E-state index in [4.69, 9.17) is 18.6 Å². The average molecular weight is 458 g/mol. The Labute approximate surface area is 188 Å². The molecule has 0 saturated heterocycles. The molecule has 0 aliphatic carbocycles. The third-order valence-electron chi connectivity index (χ3n) is 4.49. The maximum Gasteiger partial charge on any atom is 0.340 e. The topological polar surface area (TPSA) is 107 Å². The second kappa shape index (κ2) is 10.5. The van der Waals surface area contributed by atoms with Gasteiger partial charge in [0.25, 0.3) is 11.8 Å². The van der Waals surface area contributed by atoms with Gasteiger partial charge in [-0.1, -0.05) is 0 Å². The predicted molar refractivity (Wildman–Crippen MR) is 117 cm³/mol. The van der Waals surface area contributed by atoms with Crippen LogP contribution in [-0.2, 0) is 16.1 Å². The van der Waals surface area contributed by atoms with Crippen LogP contribution < -0.4 is 14.8 Å². The number of furan rings is 1. The van der Waals surface area contributed by atoms with Crippen molar-refractivity contribution >= 4 is 34.8 Å². The monoisotopic (exact) mass is 458 g/mol. The van der Waals surface area contributed by atoms with Gasteiger partial charge in [0.1, 0.15) is 0 Å². The van der Waals surface area contributed by atoms with Crippen molar-refractivity contribution in [2.75, 3.05) is 33.2 Å². The summed E-state index contributed by atoms with van der Waals surface area (Å²) >= 11 is 1.53. The van der Waals surface area contributed by atoms with Gasteiger partial charge in [0.15, 0.2) is 23.9 Å². The summed E-state index contributed by atoms with van der Waals surface area (Å²) < 4.78 is 20.8. The number of esters is 1. The smallest absolute Gasteiger partial charge is 0.340 e. The first kappa shape index (κ1) is 22.9. The number of hydrogen-bond donors (Lipinski definition) is 1. The van der Waals surface area contributed by atoms with Gasteiger partial charge >= 0.3 is 5.97 Å². The molecule has 0 bridgehead atoms. The van der Waals surface area contributed by atoms with Crippen molar-refractivity contribution in [3.8, 4) is 11.5 Å². The van der Waals surface area contributed by atoms with Crippen LogP contribution in [0.5, 0.6) is 11.5 Å². The van der Waals surface area contributed by atoms with E-state index in [-0.39, 0.29) is 28.7 Å². The van der Waals surface area contributed by atoms with Gasteiger partial charge in [-0.2, -0.15) is 11.3 Å². The number of ether oxygens (including phenoxy) is 3. The van der Waals surface area contributed by atoms with Crippen LogP contribution in [0.4, 0.5) is 5.69 Å². The Morgan fingerprint density at radius 3 is 2.50 bits per heavy atom. The van der Waals surface area contributed by atoms with Crippen LogP contribution in [0, 0.1) is 0 Å². The summed E-state index contributed by atoms with van der Waals surface area (Å²) in [6, 6.07) is 7.77. The summed E-state index contributed by atoms with van der Waals surface area (Å²) in [5.74, 6) is -1.13. The van der Waals surface area contributed by atoms with Gasteiger partial charge in [-0.3, -0.25) is 9.59 Å². The van der Waals surface area contributed by atoms with Crippen LogP contribution in [-0.4, -0.2) is 50.6 Å². The minimum Gasteiger partial charge on any atom is -0.493 e. The number of amides is 2. The fourth-order valence-corrected chi connectivity index (χ4v) is 3.46. The summed E-state index contributed by atoms with van der Waals surface area (Å²) in [7, 11) is 4.46. The molecule has 32 heavy (non-hydrogen) atoms. The lowest BCUT2D eigenvalue weighted by Crippen LogP contribution is -2.30. The summed E-state index contributed by atoms with van der Waals surface area (Å²) in [4.78, 5) is 39.0. The van der Waals surface area contributed by atoms with Crippen molar-refractivity contribution < 1.29 is 33.0 Å². The lowest BCUT2D eigenvalue weighted by molar-refractivity contribution is -0.133. The van der Waals surface area contributed by atoms with E-state index >= 15 is 0 Å². The van der Waals surface area contributed by atoms with E-state index in [9.17, 15) is 14.4 Å². The lowest BCUT2D eigenvalue weighted by atomic mass is 10.1. The molecule has 0 fully saturated rings. The third kappa shape index (κ3) is 5.46. The molecule has 0 radical (unpaired) electrons. The Bertz CT molecular complexity index is 1080. The first-order chi connectivity index (χ1) is 15.4. The molecule has 0 aliphatic rings. The fraction of sp³-hybridized carbons (Fsp3) is 0.227. The number of anilines is 1. The van der Waals surface area contributed by atoms with Crippen LogP contribution in [0.3, 0.4) is 0 Å². The highest BCUT2D eigenvalue weighted by molar-refractivity contribution is 7.07. The Hall–Kier alpha value is -3.79. The summed E-state index contributed by atoms with van der Waals surface area (Å²) in [5.41, 5.74) is 1.10. The number of nitrogens with zero attached hydrogens (tertiary/aromatic N) is 1. The Morgan fingerprint density at radius 1 is 1.12 bits per heavy atom. The second-order valence-electron chi connectivity index (χ2n) is 6.64. The molecule has 9 nitrogen and oxygen atoms in total. The van der Waals surface area contributed by atoms with Gasteiger partial charge in [-0.05, 0) is 34.5 Å². The Balaban J connectivity index is 1.75. The SMILES string of the molecule is COc1cc(NC(=O)c2ccco2)c(C(=O)OCC(=O)N(C)Cc2ccsc2)cc1OC. The van der Waals surface area contributed by atoms with Crippen LogP contribution in [0.15, 0.2) is 51.8 Å². The standard InChI is InChI=1S/C22H22N2O7S/c1-24(11-14-6-8-32-13-14)20(25)12-31-22(27)15-9-18(28-2)19(29-3)10-16(15)23-21(26)17-5-4-7-30-17/h4-10,13H,11-12H2,1-3H3,(H,23,26). The highest BCUT2D eigenvalue weighted by Gasteiger charge is 2.22. The molecule has 10 heteroatoms. The molecule has 3 aromatic rings. The maximum absolute atomic E-state index is 12.8. The molecule has 3 rings (SSSR count). The van der Waals surface area contributed by atoms with Gasteiger partial charge in [0.2, 0.25) is 0 Å². The van der Waals surface area contributed by atoms with Gasteiger partial charge in [0, 0.05) is 25.7 Å². The van der Waals surface area contributed by atoms with E-state index in [1.807, 2.05) is 16.8 Å². The van der Waals surface area contributed by atoms with Crippen molar-refractivity contribution in [1.82, 2.24) is 4.90 Å². The van der Waals surface area contributed by atoms with Crippen LogP contribution >= 0.6 is 11.3 Å². The number of benzene rings is 1. The largest absolute Gasteiger partial charge is 0.493 e. The van der Waals surface area contributed by atoms with Crippen molar-refractivity contribution in [2.45, 2.75) is 6.54 Å². The molecule has 1 aromatic carbocycles. The zero-order valence-corrected chi connectivity index (χ0v) is 18.6. The quantitative estimate of drug-likeness (QED) is 0.490. The Morgan fingerprint density at radius 2 is 1.88 bits per heavy atom. The zero-order chi connectivity index (χ0) is 23.1. The molecular weight excluding hydrogens is 436 g/mol. The number of methoxy groups -OCH3 is 2. The molecule has 0 aliphatic heterocycles. The molecule has 0 atom stereocenters. The number of rotatable bonds is 9. The predicted octanol–water partition coefficient (Wildman–Crippen LogP) is 3.43. The first-order valence-electron chi connectivity index (χ1n) is 9.46. The van der Waals surface area contributed by atoms with E-state index in [0.717, 1.165) is 5.56 Å². The first-order valence-corrected chi connectivity index (χ1v) is 10.4. The molecule has 1 N–H and O–H groups in total. The number of likely N-dealkylation sites (N-methyl/N-ethyl adjacent to an activating group) is 1. The molecular formula is C22H22N2O7S. The number of carbonyl (C=O) groups is 3. The third-order valence-corrected chi connectivity index (χ3v) is 5.22. The van der Waals surface area contributed by atoms with Crippen molar-refractivity contribution in [1.29, 1.82) is 0 Å². The van der Waals surface area contributed by atoms with E-state index in [1.165, 1.54) is 54.9 Å². The average Bonchev–Trinajstić information content (AvgIpc) is 3.51. The minimum atomic E-state index is -0.807. The van der Waals surface area contributed by atoms with Crippen LogP contribution in [0.2, 0.25) is 0 Å². The van der Waals surface area contributed by atoms with Gasteiger partial charge in [0.05, 0.1) is 31.7 Å². The van der Waals surface area contributed by atoms with Gasteiger partial charge in [-0.25, -0.2) is 4.79 Å². The molecule has 0 unspecified atom stereocenters. The van der Waals surface area contributed by atoms with Crippen molar-refractivity contribution in [3.63, 3.8) is 0 Å². The zero-order valence-electron chi connectivity index (χ0n) is 17.7. The summed E-state index contributed by atoms with van der Waals surface area (Å²) in [6.45, 7) is -0.0555. The number of carbonyl (C=O) groups excluding carboxylic acids is 3. The van der Waals surface area contributed by atoms with Crippen molar-refractivity contribution in [3.05, 3.63) is 64.2 Å². The van der Waals surface area contributed by atoms with Gasteiger partial charge < -0.3 is 28.8 Å². The van der Waals surface area contributed by atoms with Crippen LogP contribution in [0.1, 0.15) is 26.5 Å². The summed E-state index contributed by atoms with van der Waals surface area (Å²) in [5, 5.41) is 6.45. The number of hydrogen-bond acceptors (Lipinski definition) is 8. The highest BCUT2D eigenvalue weighted by Crippen LogP contribution is 2.34. The number of nitrogens with one attached hydrogen (secondary N) is 1. The van der Waals surface area contributed by atoms with E-state index in [0.29, 0.717) is 12.3 Å². The number of thiophene rings is 1. The molecule has 0 spiro atoms. The normalized spacial score (nSPS) is 10.3. The minimum absolute atomic E-state index is 0.00385. The molecule has 0 saturated carbocycles.